The topological polar surface area (TPSA) is 129 Å². The first-order valence-electron chi connectivity index (χ1n) is 13.9. The fourth-order valence-corrected chi connectivity index (χ4v) is 7.46. The van der Waals surface area contributed by atoms with Crippen LogP contribution in [0.5, 0.6) is 0 Å². The second-order valence-corrected chi connectivity index (χ2v) is 12.9. The van der Waals surface area contributed by atoms with Gasteiger partial charge in [-0.15, -0.1) is 6.58 Å². The molecule has 39 heavy (non-hydrogen) atoms. The minimum absolute atomic E-state index is 0.0812. The molecule has 0 aromatic carbocycles. The molecule has 2 unspecified atom stereocenters. The zero-order chi connectivity index (χ0) is 28.9. The molecule has 2 bridgehead atoms. The van der Waals surface area contributed by atoms with E-state index in [1.807, 2.05) is 34.9 Å². The van der Waals surface area contributed by atoms with Gasteiger partial charge in [0.1, 0.15) is 18.0 Å². The number of ketones is 1. The molecule has 0 saturated heterocycles. The number of hydrogen-bond acceptors (Lipinski definition) is 8. The number of pyridine rings is 1. The fraction of sp³-hybridized carbons (Fsp3) is 0.667. The number of Topliss-reactive ketones (excluding diaryl/α,β-unsaturated/α-hetero) is 1. The van der Waals surface area contributed by atoms with Crippen LogP contribution >= 0.6 is 0 Å². The maximum atomic E-state index is 13.4. The van der Waals surface area contributed by atoms with E-state index in [0.717, 1.165) is 6.42 Å². The first-order valence-corrected chi connectivity index (χ1v) is 13.9. The number of ether oxygens (including phenoxy) is 1. The number of aliphatic hydroxyl groups is 2. The minimum Gasteiger partial charge on any atom is -0.445 e. The van der Waals surface area contributed by atoms with Crippen molar-refractivity contribution >= 4 is 23.6 Å². The van der Waals surface area contributed by atoms with Gasteiger partial charge >= 0.3 is 6.09 Å². The predicted octanol–water partition coefficient (Wildman–Crippen LogP) is 3.74. The van der Waals surface area contributed by atoms with E-state index in [9.17, 15) is 24.6 Å². The average Bonchev–Trinajstić information content (AvgIpc) is 3.07. The zero-order valence-electron chi connectivity index (χ0n) is 23.9. The molecule has 9 nitrogen and oxygen atoms in total. The second kappa shape index (κ2) is 10.3. The molecule has 3 saturated carbocycles. The molecular formula is C30H43N3O6. The van der Waals surface area contributed by atoms with Crippen LogP contribution in [0.25, 0.3) is 0 Å². The van der Waals surface area contributed by atoms with Crippen molar-refractivity contribution in [1.29, 1.82) is 0 Å². The van der Waals surface area contributed by atoms with Gasteiger partial charge < -0.3 is 19.8 Å². The van der Waals surface area contributed by atoms with E-state index >= 15 is 0 Å². The third-order valence-corrected chi connectivity index (χ3v) is 10.6. The summed E-state index contributed by atoms with van der Waals surface area (Å²) in [6, 6.07) is 3.27. The number of rotatable bonds is 4. The monoisotopic (exact) mass is 541 g/mol. The third kappa shape index (κ3) is 4.88. The number of aliphatic hydroxyl groups excluding tert-OH is 2. The lowest BCUT2D eigenvalue weighted by Gasteiger charge is -2.47. The summed E-state index contributed by atoms with van der Waals surface area (Å²) in [6.07, 6.45) is 2.04. The summed E-state index contributed by atoms with van der Waals surface area (Å²) >= 11 is 0. The highest BCUT2D eigenvalue weighted by Gasteiger charge is 2.64. The summed E-state index contributed by atoms with van der Waals surface area (Å²) in [6.45, 7) is 12.0. The Kier molecular flexibility index (Phi) is 7.73. The van der Waals surface area contributed by atoms with E-state index in [4.69, 9.17) is 4.74 Å². The van der Waals surface area contributed by atoms with E-state index in [-0.39, 0.29) is 29.6 Å². The van der Waals surface area contributed by atoms with Crippen molar-refractivity contribution in [1.82, 2.24) is 10.3 Å². The molecule has 214 valence electrons. The van der Waals surface area contributed by atoms with Gasteiger partial charge in [0.25, 0.3) is 5.91 Å². The number of hydrogen-bond donors (Lipinski definition) is 3. The van der Waals surface area contributed by atoms with Crippen molar-refractivity contribution in [3.05, 3.63) is 36.5 Å². The third-order valence-electron chi connectivity index (χ3n) is 10.6. The highest BCUT2D eigenvalue weighted by Crippen LogP contribution is 2.63. The quantitative estimate of drug-likeness (QED) is 0.492. The van der Waals surface area contributed by atoms with Crippen LogP contribution in [0.1, 0.15) is 70.2 Å². The summed E-state index contributed by atoms with van der Waals surface area (Å²) in [5, 5.41) is 24.8. The summed E-state index contributed by atoms with van der Waals surface area (Å²) in [7, 11) is 3.68. The number of carbonyl (C=O) groups excluding carboxylic acids is 3. The van der Waals surface area contributed by atoms with Crippen LogP contribution < -0.4 is 10.2 Å². The van der Waals surface area contributed by atoms with Crippen LogP contribution in [0.3, 0.4) is 0 Å². The van der Waals surface area contributed by atoms with E-state index in [0.29, 0.717) is 25.1 Å². The van der Waals surface area contributed by atoms with Crippen LogP contribution in [0.4, 0.5) is 10.6 Å². The number of nitrogens with one attached hydrogen (secondary N) is 1. The Morgan fingerprint density at radius 1 is 1.18 bits per heavy atom. The number of anilines is 1. The fourth-order valence-electron chi connectivity index (χ4n) is 7.46. The van der Waals surface area contributed by atoms with Gasteiger partial charge in [-0.25, -0.2) is 9.78 Å². The molecule has 1 aromatic rings. The Morgan fingerprint density at radius 2 is 1.87 bits per heavy atom. The van der Waals surface area contributed by atoms with Crippen LogP contribution in [-0.4, -0.2) is 65.4 Å². The predicted molar refractivity (Wildman–Crippen MR) is 147 cm³/mol. The molecule has 9 atom stereocenters. The Labute approximate surface area is 231 Å². The largest absolute Gasteiger partial charge is 0.445 e. The van der Waals surface area contributed by atoms with E-state index in [1.165, 1.54) is 6.20 Å². The van der Waals surface area contributed by atoms with Crippen molar-refractivity contribution in [2.45, 2.75) is 78.1 Å². The number of nitrogens with zero attached hydrogens (tertiary/aromatic N) is 2. The molecule has 4 rings (SSSR count). The first-order chi connectivity index (χ1) is 18.2. The van der Waals surface area contributed by atoms with Crippen molar-refractivity contribution in [2.24, 2.45) is 34.0 Å². The highest BCUT2D eigenvalue weighted by atomic mass is 16.6. The molecule has 0 radical (unpaired) electrons. The number of amides is 2. The average molecular weight is 542 g/mol. The lowest BCUT2D eigenvalue weighted by Crippen LogP contribution is -2.49. The molecule has 3 N–H and O–H groups in total. The van der Waals surface area contributed by atoms with Gasteiger partial charge in [-0.2, -0.15) is 0 Å². The lowest BCUT2D eigenvalue weighted by molar-refractivity contribution is -0.130. The van der Waals surface area contributed by atoms with Gasteiger partial charge in [0.15, 0.2) is 5.78 Å². The normalized spacial score (nSPS) is 39.9. The van der Waals surface area contributed by atoms with E-state index < -0.39 is 52.5 Å². The Balaban J connectivity index is 1.67. The van der Waals surface area contributed by atoms with Crippen molar-refractivity contribution < 1.29 is 29.3 Å². The standard InChI is InChI=1S/C30H43N3O6/c1-8-28(4)15-22(39-27(38)32-26(37)19-9-10-23(31-16-19)33(6)7)29(5)13-20-24(35)21(34)14-30(20,12-11-17(29)2)18(3)25(28)36/h8-10,16-18,20-22,25,34,36H,1,11-15H2,2-7H3,(H,32,37,38)/t17?,18-,20?,21-,22+,25-,28+,29-,30-/m0/s1. The lowest BCUT2D eigenvalue weighted by atomic mass is 9.60. The van der Waals surface area contributed by atoms with Gasteiger partial charge in [0.05, 0.1) is 11.7 Å². The van der Waals surface area contributed by atoms with E-state index in [2.05, 4.69) is 23.8 Å². The molecule has 3 fully saturated rings. The number of imide groups is 1. The molecule has 1 aromatic heterocycles. The summed E-state index contributed by atoms with van der Waals surface area (Å²) < 4.78 is 6.05. The Bertz CT molecular complexity index is 1140. The van der Waals surface area contributed by atoms with Gasteiger partial charge in [0, 0.05) is 37.0 Å². The summed E-state index contributed by atoms with van der Waals surface area (Å²) in [5.74, 6) is -0.812. The van der Waals surface area contributed by atoms with Crippen LogP contribution in [-0.2, 0) is 9.53 Å². The number of alkyl carbamates (subject to hydrolysis) is 1. The number of carbonyl (C=O) groups is 3. The Morgan fingerprint density at radius 3 is 2.46 bits per heavy atom. The number of fused-ring (bicyclic) bond motifs is 1. The summed E-state index contributed by atoms with van der Waals surface area (Å²) in [4.78, 5) is 45.4. The molecule has 9 heteroatoms. The second-order valence-electron chi connectivity index (χ2n) is 12.9. The van der Waals surface area contributed by atoms with Crippen LogP contribution in [0, 0.1) is 34.0 Å². The van der Waals surface area contributed by atoms with Crippen LogP contribution in [0.15, 0.2) is 31.0 Å². The Hall–Kier alpha value is -2.78. The summed E-state index contributed by atoms with van der Waals surface area (Å²) in [5.41, 5.74) is -1.81. The molecule has 3 aliphatic carbocycles. The van der Waals surface area contributed by atoms with Gasteiger partial charge in [0.2, 0.25) is 0 Å². The molecular weight excluding hydrogens is 498 g/mol. The van der Waals surface area contributed by atoms with Gasteiger partial charge in [-0.05, 0) is 61.5 Å². The molecule has 0 aliphatic heterocycles. The van der Waals surface area contributed by atoms with Crippen LogP contribution in [0.2, 0.25) is 0 Å². The van der Waals surface area contributed by atoms with Gasteiger partial charge in [-0.3, -0.25) is 14.9 Å². The molecule has 3 aliphatic rings. The van der Waals surface area contributed by atoms with Crippen molar-refractivity contribution in [3.63, 3.8) is 0 Å². The number of aromatic nitrogens is 1. The SMILES string of the molecule is C=C[C@]1(C)C[C@@H](OC(=O)NC(=O)c2ccc(N(C)C)nc2)[C@@]2(C)CC3C(=O)[C@@H](O)C[C@@]3(CCC2C)[C@@H](C)[C@@H]1O. The first kappa shape index (κ1) is 29.2. The molecule has 0 spiro atoms. The van der Waals surface area contributed by atoms with Crippen molar-refractivity contribution in [2.75, 3.05) is 19.0 Å². The van der Waals surface area contributed by atoms with E-state index in [1.54, 1.807) is 23.1 Å². The molecule has 1 heterocycles. The minimum atomic E-state index is -1.07. The smallest absolute Gasteiger partial charge is 0.414 e. The maximum absolute atomic E-state index is 13.4. The van der Waals surface area contributed by atoms with Crippen molar-refractivity contribution in [3.8, 4) is 0 Å². The zero-order valence-corrected chi connectivity index (χ0v) is 23.9. The van der Waals surface area contributed by atoms with Gasteiger partial charge in [-0.1, -0.05) is 33.8 Å². The maximum Gasteiger partial charge on any atom is 0.414 e. The highest BCUT2D eigenvalue weighted by molar-refractivity contribution is 6.02. The molecule has 2 amide bonds.